The highest BCUT2D eigenvalue weighted by Gasteiger charge is 2.11. The minimum Gasteiger partial charge on any atom is -0.493 e. The average molecular weight is 524 g/mol. The Morgan fingerprint density at radius 3 is 2.16 bits per heavy atom. The first-order valence-corrected chi connectivity index (χ1v) is 10.9. The maximum atomic E-state index is 6.24. The van der Waals surface area contributed by atoms with Gasteiger partial charge in [0.05, 0.1) is 23.3 Å². The molecule has 3 aromatic rings. The van der Waals surface area contributed by atoms with Crippen LogP contribution in [0.25, 0.3) is 11.3 Å². The molecule has 164 valence electrons. The van der Waals surface area contributed by atoms with E-state index >= 15 is 0 Å². The molecule has 10 heteroatoms. The molecular formula is C21H16Cl5NO4. The molecule has 0 fully saturated rings. The molecule has 0 aliphatic rings. The summed E-state index contributed by atoms with van der Waals surface area (Å²) in [6, 6.07) is 12.3. The van der Waals surface area contributed by atoms with Crippen LogP contribution in [-0.2, 0) is 0 Å². The summed E-state index contributed by atoms with van der Waals surface area (Å²) >= 11 is 29.3. The predicted octanol–water partition coefficient (Wildman–Crippen LogP) is 7.85. The minimum absolute atomic E-state index is 0.121. The first-order chi connectivity index (χ1) is 14.9. The topological polar surface area (TPSA) is 53.7 Å². The van der Waals surface area contributed by atoms with Crippen molar-refractivity contribution >= 4 is 58.0 Å². The summed E-state index contributed by atoms with van der Waals surface area (Å²) < 4.78 is 21.9. The first kappa shape index (κ1) is 23.9. The van der Waals surface area contributed by atoms with Gasteiger partial charge in [-0.2, -0.15) is 0 Å². The third-order valence-electron chi connectivity index (χ3n) is 3.89. The lowest BCUT2D eigenvalue weighted by molar-refractivity contribution is 0.247. The number of aromatic nitrogens is 1. The summed E-state index contributed by atoms with van der Waals surface area (Å²) in [6.45, 7) is 1.02. The molecule has 2 aromatic carbocycles. The van der Waals surface area contributed by atoms with Crippen molar-refractivity contribution in [1.29, 1.82) is 0 Å². The van der Waals surface area contributed by atoms with E-state index in [4.69, 9.17) is 76.7 Å². The van der Waals surface area contributed by atoms with Gasteiger partial charge >= 0.3 is 0 Å². The molecular weight excluding hydrogens is 507 g/mol. The third-order valence-corrected chi connectivity index (χ3v) is 4.94. The summed E-state index contributed by atoms with van der Waals surface area (Å²) in [5.74, 6) is 1.59. The van der Waals surface area contributed by atoms with Gasteiger partial charge in [-0.15, -0.1) is 0 Å². The number of nitrogens with zero attached hydrogens (tertiary/aromatic N) is 1. The standard InChI is InChI=1S/C21H16Cl5NO4/c22-16-10-15(29-9-6-19(24)25)11-17(23)21(16)30-8-1-7-28-14-4-2-13(3-5-14)18-12-20(26)31-27-18/h2-6,10-12H,1,7-9H2. The summed E-state index contributed by atoms with van der Waals surface area (Å²) in [6.07, 6.45) is 2.14. The van der Waals surface area contributed by atoms with Gasteiger partial charge < -0.3 is 18.7 Å². The molecule has 1 heterocycles. The second kappa shape index (κ2) is 11.7. The highest BCUT2D eigenvalue weighted by atomic mass is 35.5. The zero-order valence-electron chi connectivity index (χ0n) is 15.9. The van der Waals surface area contributed by atoms with Gasteiger partial charge in [-0.25, -0.2) is 0 Å². The lowest BCUT2D eigenvalue weighted by atomic mass is 10.1. The number of rotatable bonds is 10. The van der Waals surface area contributed by atoms with Crippen LogP contribution in [0.2, 0.25) is 15.3 Å². The van der Waals surface area contributed by atoms with Gasteiger partial charge in [-0.1, -0.05) is 51.6 Å². The molecule has 0 amide bonds. The number of benzene rings is 2. The van der Waals surface area contributed by atoms with E-state index in [1.807, 2.05) is 24.3 Å². The van der Waals surface area contributed by atoms with E-state index in [2.05, 4.69) is 5.16 Å². The minimum atomic E-state index is 0.121. The Kier molecular flexibility index (Phi) is 9.05. The first-order valence-electron chi connectivity index (χ1n) is 9.03. The highest BCUT2D eigenvalue weighted by Crippen LogP contribution is 2.37. The van der Waals surface area contributed by atoms with E-state index in [1.165, 1.54) is 6.08 Å². The van der Waals surface area contributed by atoms with E-state index < -0.39 is 0 Å². The zero-order valence-corrected chi connectivity index (χ0v) is 19.7. The molecule has 3 rings (SSSR count). The molecule has 5 nitrogen and oxygen atoms in total. The Hall–Kier alpha value is -1.76. The second-order valence-electron chi connectivity index (χ2n) is 6.11. The third kappa shape index (κ3) is 7.41. The van der Waals surface area contributed by atoms with Gasteiger partial charge in [-0.3, -0.25) is 0 Å². The van der Waals surface area contributed by atoms with E-state index in [0.717, 1.165) is 11.3 Å². The van der Waals surface area contributed by atoms with Crippen molar-refractivity contribution in [2.75, 3.05) is 19.8 Å². The van der Waals surface area contributed by atoms with Crippen LogP contribution in [0.3, 0.4) is 0 Å². The molecule has 0 atom stereocenters. The van der Waals surface area contributed by atoms with Crippen LogP contribution in [0.4, 0.5) is 0 Å². The molecule has 0 saturated heterocycles. The van der Waals surface area contributed by atoms with Crippen molar-refractivity contribution < 1.29 is 18.7 Å². The van der Waals surface area contributed by atoms with E-state index in [0.29, 0.717) is 46.9 Å². The van der Waals surface area contributed by atoms with Gasteiger partial charge in [0.15, 0.2) is 5.75 Å². The van der Waals surface area contributed by atoms with Crippen LogP contribution in [0, 0.1) is 0 Å². The summed E-state index contributed by atoms with van der Waals surface area (Å²) in [5.41, 5.74) is 1.54. The fraction of sp³-hybridized carbons (Fsp3) is 0.190. The van der Waals surface area contributed by atoms with Crippen LogP contribution < -0.4 is 14.2 Å². The predicted molar refractivity (Wildman–Crippen MR) is 124 cm³/mol. The van der Waals surface area contributed by atoms with Crippen molar-refractivity contribution in [3.8, 4) is 28.5 Å². The normalized spacial score (nSPS) is 10.6. The molecule has 31 heavy (non-hydrogen) atoms. The maximum Gasteiger partial charge on any atom is 0.226 e. The van der Waals surface area contributed by atoms with E-state index in [1.54, 1.807) is 18.2 Å². The maximum absolute atomic E-state index is 6.24. The Morgan fingerprint density at radius 1 is 0.871 bits per heavy atom. The molecule has 0 bridgehead atoms. The van der Waals surface area contributed by atoms with Crippen LogP contribution in [-0.4, -0.2) is 25.0 Å². The van der Waals surface area contributed by atoms with Crippen LogP contribution in [0.5, 0.6) is 17.2 Å². The van der Waals surface area contributed by atoms with Gasteiger partial charge in [0.2, 0.25) is 5.22 Å². The molecule has 1 aromatic heterocycles. The van der Waals surface area contributed by atoms with E-state index in [-0.39, 0.29) is 16.3 Å². The molecule has 0 aliphatic heterocycles. The Bertz CT molecular complexity index is 1010. The molecule has 0 saturated carbocycles. The summed E-state index contributed by atoms with van der Waals surface area (Å²) in [7, 11) is 0. The van der Waals surface area contributed by atoms with Crippen LogP contribution in [0.15, 0.2) is 57.6 Å². The van der Waals surface area contributed by atoms with Crippen LogP contribution in [0.1, 0.15) is 6.42 Å². The summed E-state index contributed by atoms with van der Waals surface area (Å²) in [5, 5.41) is 4.79. The van der Waals surface area contributed by atoms with Gasteiger partial charge in [0.1, 0.15) is 28.3 Å². The van der Waals surface area contributed by atoms with Crippen molar-refractivity contribution in [3.63, 3.8) is 0 Å². The van der Waals surface area contributed by atoms with Gasteiger partial charge in [0, 0.05) is 30.2 Å². The Balaban J connectivity index is 1.43. The van der Waals surface area contributed by atoms with Crippen molar-refractivity contribution in [1.82, 2.24) is 5.16 Å². The molecule has 0 radical (unpaired) electrons. The SMILES string of the molecule is ClC(Cl)=CCOc1cc(Cl)c(OCCCOc2ccc(-c3cc(Cl)on3)cc2)c(Cl)c1. The zero-order chi connectivity index (χ0) is 22.2. The van der Waals surface area contributed by atoms with Crippen molar-refractivity contribution in [2.45, 2.75) is 6.42 Å². The summed E-state index contributed by atoms with van der Waals surface area (Å²) in [4.78, 5) is 0. The average Bonchev–Trinajstić information content (AvgIpc) is 3.16. The molecule has 0 aliphatic carbocycles. The lowest BCUT2D eigenvalue weighted by Gasteiger charge is -2.12. The van der Waals surface area contributed by atoms with Gasteiger partial charge in [0.25, 0.3) is 0 Å². The number of hydrogen-bond acceptors (Lipinski definition) is 5. The fourth-order valence-corrected chi connectivity index (χ4v) is 3.33. The van der Waals surface area contributed by atoms with Gasteiger partial charge in [-0.05, 0) is 41.9 Å². The fourth-order valence-electron chi connectivity index (χ4n) is 2.49. The number of halogens is 5. The Morgan fingerprint density at radius 2 is 1.55 bits per heavy atom. The van der Waals surface area contributed by atoms with Crippen molar-refractivity contribution in [3.05, 3.63) is 68.3 Å². The van der Waals surface area contributed by atoms with E-state index in [9.17, 15) is 0 Å². The van der Waals surface area contributed by atoms with Crippen LogP contribution >= 0.6 is 58.0 Å². The quantitative estimate of drug-likeness (QED) is 0.253. The molecule has 0 spiro atoms. The smallest absolute Gasteiger partial charge is 0.226 e. The highest BCUT2D eigenvalue weighted by molar-refractivity contribution is 6.55. The number of ether oxygens (including phenoxy) is 3. The van der Waals surface area contributed by atoms with Crippen molar-refractivity contribution in [2.24, 2.45) is 0 Å². The second-order valence-corrected chi connectivity index (χ2v) is 8.31. The molecule has 0 N–H and O–H groups in total. The lowest BCUT2D eigenvalue weighted by Crippen LogP contribution is -2.05. The number of hydrogen-bond donors (Lipinski definition) is 0. The monoisotopic (exact) mass is 521 g/mol. The largest absolute Gasteiger partial charge is 0.493 e. The Labute approximate surface area is 204 Å². The molecule has 0 unspecified atom stereocenters.